The van der Waals surface area contributed by atoms with Crippen molar-refractivity contribution in [2.75, 3.05) is 33.4 Å². The number of aryl methyl sites for hydroxylation is 1. The summed E-state index contributed by atoms with van der Waals surface area (Å²) >= 11 is 0. The van der Waals surface area contributed by atoms with Gasteiger partial charge in [0.2, 0.25) is 0 Å². The van der Waals surface area contributed by atoms with Crippen LogP contribution in [0.2, 0.25) is 0 Å². The fraction of sp³-hybridized carbons (Fsp3) is 0.389. The lowest BCUT2D eigenvalue weighted by atomic mass is 10.1. The van der Waals surface area contributed by atoms with Gasteiger partial charge < -0.3 is 40.0 Å². The van der Waals surface area contributed by atoms with Crippen LogP contribution in [-0.2, 0) is 24.3 Å². The fourth-order valence-electron chi connectivity index (χ4n) is 6.14. The predicted octanol–water partition coefficient (Wildman–Crippen LogP) is 4.15. The molecule has 1 aromatic heterocycles. The third-order valence-corrected chi connectivity index (χ3v) is 8.61. The number of nitrogens with zero attached hydrogens (tertiary/aromatic N) is 3. The number of hydrogen-bond acceptors (Lipinski definition) is 8. The third-order valence-electron chi connectivity index (χ3n) is 8.61. The van der Waals surface area contributed by atoms with Crippen molar-refractivity contribution in [3.05, 3.63) is 83.2 Å². The zero-order valence-electron chi connectivity index (χ0n) is 28.3. The highest BCUT2D eigenvalue weighted by molar-refractivity contribution is 5.98. The first-order valence-electron chi connectivity index (χ1n) is 16.3. The van der Waals surface area contributed by atoms with E-state index >= 15 is 0 Å². The lowest BCUT2D eigenvalue weighted by Crippen LogP contribution is -2.45. The maximum Gasteiger partial charge on any atom is 0.258 e. The first kappa shape index (κ1) is 38.3. The number of fused-ring (bicyclic) bond motifs is 8. The predicted molar refractivity (Wildman–Crippen MR) is 195 cm³/mol. The van der Waals surface area contributed by atoms with E-state index in [1.54, 1.807) is 23.1 Å². The molecular weight excluding hydrogens is 683 g/mol. The number of hydrogen-bond donors (Lipinski definition) is 3. The molecule has 0 radical (unpaired) electrons. The number of aromatic nitrogens is 2. The minimum atomic E-state index is -0.524. The number of benzene rings is 3. The molecule has 3 aliphatic rings. The lowest BCUT2D eigenvalue weighted by molar-refractivity contribution is -0.123. The molecule has 1 fully saturated rings. The van der Waals surface area contributed by atoms with E-state index < -0.39 is 12.1 Å². The van der Waals surface area contributed by atoms with Crippen molar-refractivity contribution in [2.45, 2.75) is 51.9 Å². The summed E-state index contributed by atoms with van der Waals surface area (Å²) in [6.07, 6.45) is 1.11. The molecule has 4 aromatic rings. The molecule has 4 bridgehead atoms. The van der Waals surface area contributed by atoms with Crippen molar-refractivity contribution < 1.29 is 28.6 Å². The normalized spacial score (nSPS) is 17.4. The summed E-state index contributed by atoms with van der Waals surface area (Å²) in [7, 11) is 1.49. The van der Waals surface area contributed by atoms with Crippen LogP contribution in [0.4, 0.5) is 0 Å². The second kappa shape index (κ2) is 16.9. The molecule has 3 aromatic carbocycles. The largest absolute Gasteiger partial charge is 0.493 e. The van der Waals surface area contributed by atoms with Gasteiger partial charge in [-0.25, -0.2) is 4.98 Å². The maximum absolute atomic E-state index is 14.0. The summed E-state index contributed by atoms with van der Waals surface area (Å²) < 4.78 is 19.7. The van der Waals surface area contributed by atoms with Crippen LogP contribution < -0.4 is 30.6 Å². The van der Waals surface area contributed by atoms with Crippen LogP contribution in [0.3, 0.4) is 0 Å². The van der Waals surface area contributed by atoms with E-state index in [4.69, 9.17) is 24.9 Å². The Hall–Kier alpha value is -4.52. The highest BCUT2D eigenvalue weighted by atomic mass is 35.5. The third kappa shape index (κ3) is 8.61. The molecule has 268 valence electrons. The van der Waals surface area contributed by atoms with Crippen LogP contribution in [0.5, 0.6) is 17.2 Å². The van der Waals surface area contributed by atoms with Crippen LogP contribution in [0.15, 0.2) is 60.7 Å². The first-order chi connectivity index (χ1) is 23.2. The van der Waals surface area contributed by atoms with Gasteiger partial charge in [-0.1, -0.05) is 26.0 Å². The van der Waals surface area contributed by atoms with Gasteiger partial charge in [0, 0.05) is 37.2 Å². The Morgan fingerprint density at radius 3 is 2.56 bits per heavy atom. The van der Waals surface area contributed by atoms with Crippen molar-refractivity contribution in [1.82, 2.24) is 25.1 Å². The summed E-state index contributed by atoms with van der Waals surface area (Å²) in [4.78, 5) is 46.7. The molecule has 14 heteroatoms. The van der Waals surface area contributed by atoms with E-state index in [9.17, 15) is 14.4 Å². The number of carbonyl (C=O) groups excluding carboxylic acids is 3. The van der Waals surface area contributed by atoms with Gasteiger partial charge in [0.15, 0.2) is 18.1 Å². The average molecular weight is 728 g/mol. The van der Waals surface area contributed by atoms with Gasteiger partial charge in [0.05, 0.1) is 30.7 Å². The molecule has 0 spiro atoms. The standard InChI is InChI=1S/C36H42N6O6.2ClH/c1-22(2)15-33-39-27-11-7-25(16-29(27)42(33)14-4-13-37)36(45)41-19-28-32(20-41)48-26-9-5-23(6-10-26)18-38-34(43)21-47-31-17-24(35(44)40-28)8-12-30(31)46-3;;/h5-12,16-17,22,28,32H,4,13-15,18-21,37H2,1-3H3,(H,38,43)(H,40,44);2*1H/t28-,32-;;/m0../s1. The van der Waals surface area contributed by atoms with Crippen molar-refractivity contribution >= 4 is 53.6 Å². The summed E-state index contributed by atoms with van der Waals surface area (Å²) in [6.45, 7) is 6.18. The van der Waals surface area contributed by atoms with Crippen molar-refractivity contribution in [1.29, 1.82) is 0 Å². The number of ether oxygens (including phenoxy) is 3. The van der Waals surface area contributed by atoms with Gasteiger partial charge in [-0.2, -0.15) is 0 Å². The van der Waals surface area contributed by atoms with Crippen LogP contribution in [-0.4, -0.2) is 77.7 Å². The average Bonchev–Trinajstić information content (AvgIpc) is 3.64. The summed E-state index contributed by atoms with van der Waals surface area (Å²) in [5.41, 5.74) is 9.33. The van der Waals surface area contributed by atoms with Gasteiger partial charge in [-0.05, 0) is 73.0 Å². The number of carbonyl (C=O) groups is 3. The van der Waals surface area contributed by atoms with E-state index in [-0.39, 0.29) is 68.0 Å². The molecule has 1 saturated heterocycles. The Labute approximate surface area is 303 Å². The number of rotatable bonds is 7. The van der Waals surface area contributed by atoms with Gasteiger partial charge in [-0.15, -0.1) is 24.8 Å². The summed E-state index contributed by atoms with van der Waals surface area (Å²) in [5.74, 6) is 1.82. The monoisotopic (exact) mass is 726 g/mol. The van der Waals surface area contributed by atoms with Crippen LogP contribution >= 0.6 is 24.8 Å². The Morgan fingerprint density at radius 2 is 1.84 bits per heavy atom. The maximum atomic E-state index is 14.0. The number of methoxy groups -OCH3 is 1. The summed E-state index contributed by atoms with van der Waals surface area (Å²) in [6, 6.07) is 17.3. The number of halogens is 2. The Bertz CT molecular complexity index is 1810. The quantitative estimate of drug-likeness (QED) is 0.257. The van der Waals surface area contributed by atoms with Gasteiger partial charge in [0.1, 0.15) is 17.7 Å². The SMILES string of the molecule is COc1ccc2cc1OCC(=O)NCc1ccc(cc1)O[C@H]1CN(C(=O)c3ccc4nc(CC(C)C)n(CCCN)c4c3)C[C@@H]1NC2=O.Cl.Cl. The number of nitrogens with one attached hydrogen (secondary N) is 2. The van der Waals surface area contributed by atoms with E-state index in [2.05, 4.69) is 29.0 Å². The summed E-state index contributed by atoms with van der Waals surface area (Å²) in [5, 5.41) is 5.91. The highest BCUT2D eigenvalue weighted by Crippen LogP contribution is 2.29. The Morgan fingerprint density at radius 1 is 1.06 bits per heavy atom. The van der Waals surface area contributed by atoms with E-state index in [0.717, 1.165) is 41.8 Å². The first-order valence-corrected chi connectivity index (χ1v) is 16.3. The van der Waals surface area contributed by atoms with Crippen LogP contribution in [0.1, 0.15) is 52.4 Å². The number of nitrogens with two attached hydrogens (primary N) is 1. The topological polar surface area (TPSA) is 150 Å². The van der Waals surface area contributed by atoms with Gasteiger partial charge >= 0.3 is 0 Å². The van der Waals surface area contributed by atoms with Crippen molar-refractivity contribution in [3.8, 4) is 17.2 Å². The number of likely N-dealkylation sites (tertiary alicyclic amines) is 1. The molecular formula is C36H44Cl2N6O6. The van der Waals surface area contributed by atoms with E-state index in [1.165, 1.54) is 7.11 Å². The fourth-order valence-corrected chi connectivity index (χ4v) is 6.14. The van der Waals surface area contributed by atoms with Crippen molar-refractivity contribution in [3.63, 3.8) is 0 Å². The lowest BCUT2D eigenvalue weighted by Gasteiger charge is -2.21. The Balaban J connectivity index is 0.00000281. The van der Waals surface area contributed by atoms with Crippen LogP contribution in [0, 0.1) is 5.92 Å². The van der Waals surface area contributed by atoms with E-state index in [1.807, 2.05) is 42.5 Å². The molecule has 4 N–H and O–H groups in total. The minimum absolute atomic E-state index is 0. The number of amides is 3. The minimum Gasteiger partial charge on any atom is -0.493 e. The molecule has 0 unspecified atom stereocenters. The van der Waals surface area contributed by atoms with Crippen LogP contribution in [0.25, 0.3) is 11.0 Å². The Kier molecular flexibility index (Phi) is 13.0. The molecule has 3 amide bonds. The molecule has 50 heavy (non-hydrogen) atoms. The molecule has 12 nitrogen and oxygen atoms in total. The van der Waals surface area contributed by atoms with E-state index in [0.29, 0.717) is 41.6 Å². The second-order valence-electron chi connectivity index (χ2n) is 12.6. The smallest absolute Gasteiger partial charge is 0.258 e. The number of imidazole rings is 1. The molecule has 0 saturated carbocycles. The molecule has 7 rings (SSSR count). The van der Waals surface area contributed by atoms with Gasteiger partial charge in [-0.3, -0.25) is 14.4 Å². The molecule has 4 heterocycles. The molecule has 3 aliphatic heterocycles. The van der Waals surface area contributed by atoms with Gasteiger partial charge in [0.25, 0.3) is 17.7 Å². The molecule has 2 atom stereocenters. The highest BCUT2D eigenvalue weighted by Gasteiger charge is 2.38. The zero-order valence-corrected chi connectivity index (χ0v) is 30.0. The zero-order chi connectivity index (χ0) is 33.8. The second-order valence-corrected chi connectivity index (χ2v) is 12.6. The van der Waals surface area contributed by atoms with Crippen molar-refractivity contribution in [2.24, 2.45) is 11.7 Å². The molecule has 0 aliphatic carbocycles.